The lowest BCUT2D eigenvalue weighted by Gasteiger charge is -2.19. The van der Waals surface area contributed by atoms with Crippen LogP contribution in [0.2, 0.25) is 0 Å². The molecule has 4 rings (SSSR count). The van der Waals surface area contributed by atoms with Gasteiger partial charge in [-0.15, -0.1) is 0 Å². The van der Waals surface area contributed by atoms with Gasteiger partial charge >= 0.3 is 5.97 Å². The van der Waals surface area contributed by atoms with Gasteiger partial charge < -0.3 is 9.47 Å². The van der Waals surface area contributed by atoms with E-state index in [9.17, 15) is 13.2 Å². The van der Waals surface area contributed by atoms with E-state index < -0.39 is 10.2 Å². The molecule has 7 nitrogen and oxygen atoms in total. The predicted octanol–water partition coefficient (Wildman–Crippen LogP) is 4.80. The molecule has 180 valence electrons. The number of methoxy groups -OCH3 is 1. The van der Waals surface area contributed by atoms with Crippen molar-refractivity contribution >= 4 is 32.6 Å². The quantitative estimate of drug-likeness (QED) is 0.426. The van der Waals surface area contributed by atoms with Crippen LogP contribution in [0.15, 0.2) is 54.6 Å². The second kappa shape index (κ2) is 10.4. The molecule has 0 bridgehead atoms. The Balaban J connectivity index is 1.67. The molecule has 0 aliphatic heterocycles. The van der Waals surface area contributed by atoms with Crippen molar-refractivity contribution < 1.29 is 22.7 Å². The highest BCUT2D eigenvalue weighted by Gasteiger charge is 2.19. The van der Waals surface area contributed by atoms with Gasteiger partial charge in [0.25, 0.3) is 10.2 Å². The highest BCUT2D eigenvalue weighted by Crippen LogP contribution is 2.37. The number of fused-ring (bicyclic) bond motifs is 1. The number of hydrogen-bond acceptors (Lipinski definition) is 5. The highest BCUT2D eigenvalue weighted by atomic mass is 32.2. The molecule has 0 atom stereocenters. The molecule has 3 aromatic rings. The van der Waals surface area contributed by atoms with Crippen molar-refractivity contribution in [1.29, 1.82) is 0 Å². The molecule has 1 fully saturated rings. The van der Waals surface area contributed by atoms with E-state index in [1.165, 1.54) is 32.8 Å². The lowest BCUT2D eigenvalue weighted by atomic mass is 9.96. The number of carbonyl (C=O) groups excluding carboxylic acids is 1. The summed E-state index contributed by atoms with van der Waals surface area (Å²) in [5.41, 5.74) is 3.34. The van der Waals surface area contributed by atoms with E-state index in [0.717, 1.165) is 33.2 Å². The third-order valence-electron chi connectivity index (χ3n) is 6.27. The van der Waals surface area contributed by atoms with Gasteiger partial charge in [0.15, 0.2) is 0 Å². The van der Waals surface area contributed by atoms with Crippen LogP contribution in [0.25, 0.3) is 21.9 Å². The molecular formula is C26H30N2O5S. The summed E-state index contributed by atoms with van der Waals surface area (Å²) in [5.74, 6) is 1.12. The van der Waals surface area contributed by atoms with E-state index in [-0.39, 0.29) is 12.4 Å². The maximum Gasteiger partial charge on any atom is 0.305 e. The average molecular weight is 483 g/mol. The standard InChI is InChI=1S/C26H30N2O5S/c1-32-25(29)14-12-19-7-4-8-24(26(19)33-17-18-5-2-3-6-18)22-10-9-21-16-23(28-34(27,30)31)13-11-20(21)15-22/h4,7-11,13,15-16,18,28H,2-3,5-6,12,14,17H2,1H3,(H2,27,30,31). The van der Waals surface area contributed by atoms with Crippen LogP contribution in [0.1, 0.15) is 37.7 Å². The van der Waals surface area contributed by atoms with Gasteiger partial charge in [0, 0.05) is 12.0 Å². The zero-order valence-electron chi connectivity index (χ0n) is 19.3. The molecule has 3 aromatic carbocycles. The molecule has 0 amide bonds. The molecule has 3 N–H and O–H groups in total. The molecule has 1 aliphatic carbocycles. The Morgan fingerprint density at radius 2 is 1.79 bits per heavy atom. The van der Waals surface area contributed by atoms with Crippen LogP contribution in [0.4, 0.5) is 5.69 Å². The van der Waals surface area contributed by atoms with Crippen LogP contribution < -0.4 is 14.6 Å². The van der Waals surface area contributed by atoms with E-state index in [4.69, 9.17) is 14.6 Å². The van der Waals surface area contributed by atoms with Gasteiger partial charge in [-0.1, -0.05) is 49.2 Å². The van der Waals surface area contributed by atoms with E-state index >= 15 is 0 Å². The monoisotopic (exact) mass is 482 g/mol. The zero-order chi connectivity index (χ0) is 24.1. The topological polar surface area (TPSA) is 108 Å². The molecule has 8 heteroatoms. The fraction of sp³-hybridized carbons (Fsp3) is 0.346. The Morgan fingerprint density at radius 1 is 1.06 bits per heavy atom. The largest absolute Gasteiger partial charge is 0.492 e. The van der Waals surface area contributed by atoms with Gasteiger partial charge in [-0.05, 0) is 65.3 Å². The lowest BCUT2D eigenvalue weighted by Crippen LogP contribution is -2.21. The van der Waals surface area contributed by atoms with E-state index in [1.807, 2.05) is 36.4 Å². The molecule has 1 saturated carbocycles. The summed E-state index contributed by atoms with van der Waals surface area (Å²) in [6.45, 7) is 0.665. The molecule has 0 spiro atoms. The van der Waals surface area contributed by atoms with Crippen LogP contribution in [0, 0.1) is 5.92 Å². The van der Waals surface area contributed by atoms with Crippen LogP contribution in [0.3, 0.4) is 0 Å². The predicted molar refractivity (Wildman–Crippen MR) is 134 cm³/mol. The van der Waals surface area contributed by atoms with Crippen LogP contribution in [-0.4, -0.2) is 28.1 Å². The van der Waals surface area contributed by atoms with Crippen LogP contribution in [-0.2, 0) is 26.2 Å². The third-order valence-corrected chi connectivity index (χ3v) is 6.79. The minimum absolute atomic E-state index is 0.248. The Kier molecular flexibility index (Phi) is 7.38. The Hall–Kier alpha value is -3.10. The lowest BCUT2D eigenvalue weighted by molar-refractivity contribution is -0.140. The first-order chi connectivity index (χ1) is 16.3. The van der Waals surface area contributed by atoms with Crippen LogP contribution in [0.5, 0.6) is 5.75 Å². The van der Waals surface area contributed by atoms with Gasteiger partial charge in [-0.25, -0.2) is 5.14 Å². The maximum atomic E-state index is 11.8. The molecule has 0 saturated heterocycles. The average Bonchev–Trinajstić information content (AvgIpc) is 3.33. The number of anilines is 1. The number of ether oxygens (including phenoxy) is 2. The second-order valence-electron chi connectivity index (χ2n) is 8.76. The van der Waals surface area contributed by atoms with Gasteiger partial charge in [0.05, 0.1) is 19.4 Å². The summed E-state index contributed by atoms with van der Waals surface area (Å²) in [5, 5.41) is 6.93. The number of para-hydroxylation sites is 1. The summed E-state index contributed by atoms with van der Waals surface area (Å²) in [6, 6.07) is 17.3. The zero-order valence-corrected chi connectivity index (χ0v) is 20.1. The number of carbonyl (C=O) groups is 1. The van der Waals surface area contributed by atoms with E-state index in [2.05, 4.69) is 10.8 Å². The number of benzene rings is 3. The number of esters is 1. The van der Waals surface area contributed by atoms with Crippen molar-refractivity contribution in [3.05, 3.63) is 60.2 Å². The minimum Gasteiger partial charge on any atom is -0.492 e. The van der Waals surface area contributed by atoms with Crippen molar-refractivity contribution in [2.75, 3.05) is 18.4 Å². The van der Waals surface area contributed by atoms with Crippen molar-refractivity contribution in [2.45, 2.75) is 38.5 Å². The smallest absolute Gasteiger partial charge is 0.305 e. The van der Waals surface area contributed by atoms with Crippen LogP contribution >= 0.6 is 0 Å². The first-order valence-corrected chi connectivity index (χ1v) is 13.0. The number of nitrogens with one attached hydrogen (secondary N) is 1. The third kappa shape index (κ3) is 6.07. The summed E-state index contributed by atoms with van der Waals surface area (Å²) in [4.78, 5) is 11.8. The first-order valence-electron chi connectivity index (χ1n) is 11.5. The molecule has 1 aliphatic rings. The van der Waals surface area contributed by atoms with Crippen molar-refractivity contribution in [2.24, 2.45) is 11.1 Å². The molecule has 34 heavy (non-hydrogen) atoms. The summed E-state index contributed by atoms with van der Waals surface area (Å²) < 4.78 is 36.2. The number of aryl methyl sites for hydroxylation is 1. The molecule has 0 radical (unpaired) electrons. The SMILES string of the molecule is COC(=O)CCc1cccc(-c2ccc3cc(NS(N)(=O)=O)ccc3c2)c1OCC1CCCC1. The van der Waals surface area contributed by atoms with Gasteiger partial charge in [-0.2, -0.15) is 8.42 Å². The molecule has 0 heterocycles. The Labute approximate surface area is 200 Å². The highest BCUT2D eigenvalue weighted by molar-refractivity contribution is 7.90. The van der Waals surface area contributed by atoms with Gasteiger partial charge in [0.1, 0.15) is 5.75 Å². The van der Waals surface area contributed by atoms with Crippen molar-refractivity contribution in [3.8, 4) is 16.9 Å². The fourth-order valence-corrected chi connectivity index (χ4v) is 4.99. The number of rotatable bonds is 9. The maximum absolute atomic E-state index is 11.8. The molecule has 0 unspecified atom stereocenters. The fourth-order valence-electron chi connectivity index (χ4n) is 4.54. The van der Waals surface area contributed by atoms with Gasteiger partial charge in [0.2, 0.25) is 0 Å². The van der Waals surface area contributed by atoms with E-state index in [1.54, 1.807) is 12.1 Å². The second-order valence-corrected chi connectivity index (χ2v) is 10.0. The van der Waals surface area contributed by atoms with Crippen molar-refractivity contribution in [1.82, 2.24) is 0 Å². The van der Waals surface area contributed by atoms with Crippen molar-refractivity contribution in [3.63, 3.8) is 0 Å². The molecule has 0 aromatic heterocycles. The normalized spacial score (nSPS) is 14.3. The number of nitrogens with two attached hydrogens (primary N) is 1. The van der Waals surface area contributed by atoms with Gasteiger partial charge in [-0.3, -0.25) is 9.52 Å². The first kappa shape index (κ1) is 24.0. The number of hydrogen-bond donors (Lipinski definition) is 2. The summed E-state index contributed by atoms with van der Waals surface area (Å²) >= 11 is 0. The summed E-state index contributed by atoms with van der Waals surface area (Å²) in [6.07, 6.45) is 5.69. The molecular weight excluding hydrogens is 452 g/mol. The van der Waals surface area contributed by atoms with E-state index in [0.29, 0.717) is 24.6 Å². The minimum atomic E-state index is -3.83. The Morgan fingerprint density at radius 3 is 2.53 bits per heavy atom. The Bertz CT molecular complexity index is 1280. The summed E-state index contributed by atoms with van der Waals surface area (Å²) in [7, 11) is -2.44.